The summed E-state index contributed by atoms with van der Waals surface area (Å²) in [6.45, 7) is 4.54. The number of methoxy groups -OCH3 is 1. The minimum absolute atomic E-state index is 0.236. The lowest BCUT2D eigenvalue weighted by atomic mass is 10.2. The van der Waals surface area contributed by atoms with Crippen LogP contribution in [-0.2, 0) is 19.0 Å². The lowest BCUT2D eigenvalue weighted by Crippen LogP contribution is -2.04. The van der Waals surface area contributed by atoms with E-state index in [-0.39, 0.29) is 12.8 Å². The van der Waals surface area contributed by atoms with Crippen molar-refractivity contribution >= 4 is 12.0 Å². The van der Waals surface area contributed by atoms with Crippen LogP contribution in [0.25, 0.3) is 6.08 Å². The summed E-state index contributed by atoms with van der Waals surface area (Å²) in [7, 11) is 1.57. The highest BCUT2D eigenvalue weighted by atomic mass is 16.7. The predicted molar refractivity (Wildman–Crippen MR) is 84.3 cm³/mol. The first-order chi connectivity index (χ1) is 10.8. The average molecular weight is 306 g/mol. The van der Waals surface area contributed by atoms with E-state index in [1.54, 1.807) is 13.4 Å². The number of rotatable bonds is 11. The molecule has 0 aliphatic heterocycles. The first-order valence-corrected chi connectivity index (χ1v) is 7.05. The fourth-order valence-corrected chi connectivity index (χ4v) is 1.53. The molecule has 0 radical (unpaired) electrons. The summed E-state index contributed by atoms with van der Waals surface area (Å²) >= 11 is 0. The predicted octanol–water partition coefficient (Wildman–Crippen LogP) is 3.17. The second kappa shape index (κ2) is 11.4. The number of ether oxygens (including phenoxy) is 4. The van der Waals surface area contributed by atoms with E-state index in [4.69, 9.17) is 18.9 Å². The van der Waals surface area contributed by atoms with Crippen molar-refractivity contribution in [3.05, 3.63) is 48.7 Å². The van der Waals surface area contributed by atoms with Crippen LogP contribution < -0.4 is 4.74 Å². The Labute approximate surface area is 131 Å². The van der Waals surface area contributed by atoms with Gasteiger partial charge in [0.1, 0.15) is 5.75 Å². The third kappa shape index (κ3) is 8.11. The third-order valence-electron chi connectivity index (χ3n) is 2.64. The summed E-state index contributed by atoms with van der Waals surface area (Å²) in [6, 6.07) is 7.67. The molecule has 0 spiro atoms. The van der Waals surface area contributed by atoms with Gasteiger partial charge in [0, 0.05) is 13.2 Å². The molecule has 0 atom stereocenters. The van der Waals surface area contributed by atoms with Gasteiger partial charge < -0.3 is 18.9 Å². The number of benzene rings is 1. The summed E-state index contributed by atoms with van der Waals surface area (Å²) in [5.41, 5.74) is 1.01. The molecule has 0 N–H and O–H groups in total. The molecule has 0 saturated carbocycles. The van der Waals surface area contributed by atoms with Gasteiger partial charge in [-0.2, -0.15) is 0 Å². The van der Waals surface area contributed by atoms with E-state index in [0.29, 0.717) is 13.2 Å². The van der Waals surface area contributed by atoms with E-state index < -0.39 is 0 Å². The van der Waals surface area contributed by atoms with Crippen molar-refractivity contribution in [1.82, 2.24) is 0 Å². The van der Waals surface area contributed by atoms with E-state index >= 15 is 0 Å². The lowest BCUT2D eigenvalue weighted by Gasteiger charge is -2.06. The van der Waals surface area contributed by atoms with Crippen LogP contribution in [0.4, 0.5) is 0 Å². The van der Waals surface area contributed by atoms with Crippen LogP contribution in [-0.4, -0.2) is 33.1 Å². The summed E-state index contributed by atoms with van der Waals surface area (Å²) in [4.78, 5) is 10.8. The standard InChI is InChI=1S/C17H22O5/c1-3-17(18)22-12-5-4-11-21-16-8-6-15(7-9-16)10-13-20-14-19-2/h3,6-10,13H,1,4-5,11-12,14H2,2H3/b13-10-. The Morgan fingerprint density at radius 1 is 1.18 bits per heavy atom. The Morgan fingerprint density at radius 2 is 1.91 bits per heavy atom. The van der Waals surface area contributed by atoms with Gasteiger partial charge in [0.15, 0.2) is 6.79 Å². The van der Waals surface area contributed by atoms with Crippen LogP contribution in [0.1, 0.15) is 18.4 Å². The third-order valence-corrected chi connectivity index (χ3v) is 2.64. The van der Waals surface area contributed by atoms with E-state index in [0.717, 1.165) is 30.2 Å². The quantitative estimate of drug-likeness (QED) is 0.207. The molecule has 0 amide bonds. The maximum Gasteiger partial charge on any atom is 0.330 e. The number of carbonyl (C=O) groups excluding carboxylic acids is 1. The van der Waals surface area contributed by atoms with Crippen molar-refractivity contribution in [2.45, 2.75) is 12.8 Å². The summed E-state index contributed by atoms with van der Waals surface area (Å²) in [6.07, 6.45) is 6.17. The number of hydrogen-bond acceptors (Lipinski definition) is 5. The van der Waals surface area contributed by atoms with Gasteiger partial charge in [-0.15, -0.1) is 0 Å². The molecule has 0 aromatic heterocycles. The van der Waals surface area contributed by atoms with Crippen molar-refractivity contribution in [1.29, 1.82) is 0 Å². The normalized spacial score (nSPS) is 10.4. The molecule has 5 heteroatoms. The average Bonchev–Trinajstić information content (AvgIpc) is 2.55. The zero-order valence-electron chi connectivity index (χ0n) is 12.8. The number of hydrogen-bond donors (Lipinski definition) is 0. The van der Waals surface area contributed by atoms with Crippen molar-refractivity contribution in [2.24, 2.45) is 0 Å². The molecule has 0 fully saturated rings. The van der Waals surface area contributed by atoms with Gasteiger partial charge in [-0.05, 0) is 36.6 Å². The fourth-order valence-electron chi connectivity index (χ4n) is 1.53. The Kier molecular flexibility index (Phi) is 9.21. The van der Waals surface area contributed by atoms with Crippen molar-refractivity contribution in [3.8, 4) is 5.75 Å². The fraction of sp³-hybridized carbons (Fsp3) is 0.353. The molecule has 0 heterocycles. The van der Waals surface area contributed by atoms with Gasteiger partial charge in [0.05, 0.1) is 19.5 Å². The summed E-state index contributed by atoms with van der Waals surface area (Å²) in [5.74, 6) is 0.414. The molecule has 1 aromatic carbocycles. The monoisotopic (exact) mass is 306 g/mol. The Balaban J connectivity index is 2.17. The van der Waals surface area contributed by atoms with Gasteiger partial charge in [0.2, 0.25) is 0 Å². The molecule has 22 heavy (non-hydrogen) atoms. The molecular weight excluding hydrogens is 284 g/mol. The largest absolute Gasteiger partial charge is 0.494 e. The summed E-state index contributed by atoms with van der Waals surface area (Å²) in [5, 5.41) is 0. The van der Waals surface area contributed by atoms with Gasteiger partial charge in [-0.3, -0.25) is 0 Å². The number of carbonyl (C=O) groups is 1. The van der Waals surface area contributed by atoms with Crippen molar-refractivity contribution in [2.75, 3.05) is 27.1 Å². The Morgan fingerprint density at radius 3 is 2.59 bits per heavy atom. The van der Waals surface area contributed by atoms with Gasteiger partial charge in [-0.25, -0.2) is 4.79 Å². The highest BCUT2D eigenvalue weighted by Gasteiger charge is 1.97. The Hall–Kier alpha value is -2.27. The molecule has 1 aromatic rings. The molecular formula is C17H22O5. The van der Waals surface area contributed by atoms with Crippen LogP contribution in [0.2, 0.25) is 0 Å². The molecule has 0 bridgehead atoms. The molecule has 5 nitrogen and oxygen atoms in total. The first-order valence-electron chi connectivity index (χ1n) is 7.05. The van der Waals surface area contributed by atoms with E-state index in [1.807, 2.05) is 30.3 Å². The van der Waals surface area contributed by atoms with Crippen molar-refractivity contribution in [3.63, 3.8) is 0 Å². The highest BCUT2D eigenvalue weighted by molar-refractivity contribution is 5.81. The second-order valence-electron chi connectivity index (χ2n) is 4.37. The van der Waals surface area contributed by atoms with Crippen molar-refractivity contribution < 1.29 is 23.7 Å². The minimum atomic E-state index is -0.390. The molecule has 0 aliphatic carbocycles. The number of esters is 1. The topological polar surface area (TPSA) is 54.0 Å². The first kappa shape index (κ1) is 17.8. The zero-order valence-corrected chi connectivity index (χ0v) is 12.8. The smallest absolute Gasteiger partial charge is 0.330 e. The van der Waals surface area contributed by atoms with E-state index in [9.17, 15) is 4.79 Å². The highest BCUT2D eigenvalue weighted by Crippen LogP contribution is 2.13. The molecule has 0 unspecified atom stereocenters. The maximum absolute atomic E-state index is 10.8. The van der Waals surface area contributed by atoms with Crippen LogP contribution in [0.3, 0.4) is 0 Å². The minimum Gasteiger partial charge on any atom is -0.494 e. The second-order valence-corrected chi connectivity index (χ2v) is 4.37. The molecule has 1 rings (SSSR count). The van der Waals surface area contributed by atoms with Crippen LogP contribution >= 0.6 is 0 Å². The van der Waals surface area contributed by atoms with E-state index in [1.165, 1.54) is 0 Å². The molecule has 120 valence electrons. The lowest BCUT2D eigenvalue weighted by molar-refractivity contribution is -0.137. The molecule has 0 saturated heterocycles. The van der Waals surface area contributed by atoms with E-state index in [2.05, 4.69) is 6.58 Å². The van der Waals surface area contributed by atoms with Crippen LogP contribution in [0.15, 0.2) is 43.2 Å². The van der Waals surface area contributed by atoms with Crippen LogP contribution in [0, 0.1) is 0 Å². The number of unbranched alkanes of at least 4 members (excludes halogenated alkanes) is 1. The summed E-state index contributed by atoms with van der Waals surface area (Å²) < 4.78 is 20.3. The van der Waals surface area contributed by atoms with Gasteiger partial charge >= 0.3 is 5.97 Å². The Bertz CT molecular complexity index is 464. The van der Waals surface area contributed by atoms with Gasteiger partial charge in [0.25, 0.3) is 0 Å². The van der Waals surface area contributed by atoms with Crippen LogP contribution in [0.5, 0.6) is 5.75 Å². The molecule has 0 aliphatic rings. The SMILES string of the molecule is C=CC(=O)OCCCCOc1ccc(/C=C\OCOC)cc1. The van der Waals surface area contributed by atoms with Gasteiger partial charge in [-0.1, -0.05) is 18.7 Å². The zero-order chi connectivity index (χ0) is 16.0. The maximum atomic E-state index is 10.8.